The summed E-state index contributed by atoms with van der Waals surface area (Å²) in [7, 11) is 0. The molecule has 1 heterocycles. The van der Waals surface area contributed by atoms with Gasteiger partial charge < -0.3 is 5.32 Å². The molecule has 2 aliphatic rings. The van der Waals surface area contributed by atoms with Gasteiger partial charge in [-0.2, -0.15) is 0 Å². The number of nitrogens with zero attached hydrogens (tertiary/aromatic N) is 1. The lowest BCUT2D eigenvalue weighted by molar-refractivity contribution is 0.147. The Balaban J connectivity index is 1.84. The van der Waals surface area contributed by atoms with Crippen molar-refractivity contribution in [2.75, 3.05) is 13.1 Å². The van der Waals surface area contributed by atoms with Crippen LogP contribution in [0.4, 0.5) is 0 Å². The Morgan fingerprint density at radius 3 is 1.73 bits per heavy atom. The van der Waals surface area contributed by atoms with Crippen molar-refractivity contribution in [3.05, 3.63) is 0 Å². The summed E-state index contributed by atoms with van der Waals surface area (Å²) in [5, 5.41) is 3.74. The second-order valence-corrected chi connectivity index (χ2v) is 7.32. The molecule has 0 bridgehead atoms. The summed E-state index contributed by atoms with van der Waals surface area (Å²) in [6.07, 6.45) is 0. The number of likely N-dealkylation sites (tertiary alicyclic amines) is 1. The molecule has 1 unspecified atom stereocenters. The zero-order valence-corrected chi connectivity index (χ0v) is 11.1. The zero-order valence-electron chi connectivity index (χ0n) is 11.1. The van der Waals surface area contributed by atoms with Crippen molar-refractivity contribution in [1.82, 2.24) is 10.2 Å². The van der Waals surface area contributed by atoms with Crippen LogP contribution < -0.4 is 5.32 Å². The van der Waals surface area contributed by atoms with Crippen LogP contribution in [0.3, 0.4) is 0 Å². The number of hydrogen-bond donors (Lipinski definition) is 1. The standard InChI is InChI=1S/C13H26N2/c1-12(2,3)14-11-9-7-15(8-10(9)11)13(4,5)6/h9-11,14H,7-8H2,1-6H3/t9-,10?,11-/m1/s1. The third-order valence-electron chi connectivity index (χ3n) is 3.74. The van der Waals surface area contributed by atoms with E-state index in [2.05, 4.69) is 51.8 Å². The molecule has 1 saturated carbocycles. The fraction of sp³-hybridized carbons (Fsp3) is 1.00. The first-order chi connectivity index (χ1) is 6.68. The van der Waals surface area contributed by atoms with E-state index in [1.54, 1.807) is 0 Å². The number of fused-ring (bicyclic) bond motifs is 1. The summed E-state index contributed by atoms with van der Waals surface area (Å²) in [6, 6.07) is 0.795. The molecule has 2 rings (SSSR count). The van der Waals surface area contributed by atoms with Crippen molar-refractivity contribution in [3.8, 4) is 0 Å². The average Bonchev–Trinajstić information content (AvgIpc) is 2.50. The Morgan fingerprint density at radius 2 is 1.40 bits per heavy atom. The lowest BCUT2D eigenvalue weighted by Gasteiger charge is -2.34. The Hall–Kier alpha value is -0.0800. The Bertz CT molecular complexity index is 234. The van der Waals surface area contributed by atoms with Gasteiger partial charge in [0, 0.05) is 30.2 Å². The van der Waals surface area contributed by atoms with Gasteiger partial charge in [0.15, 0.2) is 0 Å². The lowest BCUT2D eigenvalue weighted by atomic mass is 10.1. The highest BCUT2D eigenvalue weighted by molar-refractivity contribution is 5.12. The van der Waals surface area contributed by atoms with Gasteiger partial charge in [0.1, 0.15) is 0 Å². The fourth-order valence-corrected chi connectivity index (χ4v) is 2.79. The van der Waals surface area contributed by atoms with E-state index < -0.39 is 0 Å². The smallest absolute Gasteiger partial charge is 0.0160 e. The monoisotopic (exact) mass is 210 g/mol. The molecule has 1 aliphatic carbocycles. The van der Waals surface area contributed by atoms with E-state index in [0.717, 1.165) is 17.9 Å². The van der Waals surface area contributed by atoms with Crippen LogP contribution in [-0.4, -0.2) is 35.1 Å². The van der Waals surface area contributed by atoms with Crippen LogP contribution in [0.25, 0.3) is 0 Å². The first kappa shape index (κ1) is 11.4. The summed E-state index contributed by atoms with van der Waals surface area (Å²) in [4.78, 5) is 2.63. The maximum atomic E-state index is 3.74. The van der Waals surface area contributed by atoms with Crippen LogP contribution in [0, 0.1) is 11.8 Å². The highest BCUT2D eigenvalue weighted by atomic mass is 15.3. The van der Waals surface area contributed by atoms with Crippen molar-refractivity contribution in [3.63, 3.8) is 0 Å². The number of piperidine rings is 1. The number of nitrogens with one attached hydrogen (secondary N) is 1. The molecule has 2 nitrogen and oxygen atoms in total. The molecule has 0 aromatic carbocycles. The summed E-state index contributed by atoms with van der Waals surface area (Å²) < 4.78 is 0. The van der Waals surface area contributed by atoms with Gasteiger partial charge >= 0.3 is 0 Å². The quantitative estimate of drug-likeness (QED) is 0.713. The lowest BCUT2D eigenvalue weighted by Crippen LogP contribution is -2.46. The first-order valence-corrected chi connectivity index (χ1v) is 6.21. The van der Waals surface area contributed by atoms with Crippen LogP contribution in [-0.2, 0) is 0 Å². The van der Waals surface area contributed by atoms with Gasteiger partial charge in [-0.3, -0.25) is 4.90 Å². The van der Waals surface area contributed by atoms with Crippen molar-refractivity contribution in [2.45, 2.75) is 58.7 Å². The van der Waals surface area contributed by atoms with Gasteiger partial charge in [-0.05, 0) is 53.4 Å². The second kappa shape index (κ2) is 3.21. The molecule has 0 amide bonds. The highest BCUT2D eigenvalue weighted by Gasteiger charge is 2.57. The molecule has 1 saturated heterocycles. The second-order valence-electron chi connectivity index (χ2n) is 7.32. The Morgan fingerprint density at radius 1 is 0.933 bits per heavy atom. The van der Waals surface area contributed by atoms with Gasteiger partial charge in [-0.25, -0.2) is 0 Å². The molecular weight excluding hydrogens is 184 g/mol. The normalized spacial score (nSPS) is 36.8. The fourth-order valence-electron chi connectivity index (χ4n) is 2.79. The minimum absolute atomic E-state index is 0.279. The number of hydrogen-bond acceptors (Lipinski definition) is 2. The summed E-state index contributed by atoms with van der Waals surface area (Å²) in [6.45, 7) is 16.4. The van der Waals surface area contributed by atoms with Crippen LogP contribution in [0.1, 0.15) is 41.5 Å². The molecule has 1 N–H and O–H groups in total. The first-order valence-electron chi connectivity index (χ1n) is 6.21. The number of rotatable bonds is 1. The third kappa shape index (κ3) is 2.36. The topological polar surface area (TPSA) is 15.3 Å². The minimum Gasteiger partial charge on any atom is -0.309 e. The summed E-state index contributed by atoms with van der Waals surface area (Å²) in [5.41, 5.74) is 0.640. The molecule has 2 fully saturated rings. The van der Waals surface area contributed by atoms with Crippen LogP contribution in [0.2, 0.25) is 0 Å². The van der Waals surface area contributed by atoms with E-state index in [9.17, 15) is 0 Å². The zero-order chi connectivity index (χ0) is 11.4. The van der Waals surface area contributed by atoms with E-state index in [4.69, 9.17) is 0 Å². The molecule has 2 heteroatoms. The SMILES string of the molecule is CC(C)(C)N[C@H]1C2CN(C(C)(C)C)C[C@H]21. The van der Waals surface area contributed by atoms with Gasteiger partial charge in [-0.15, -0.1) is 0 Å². The molecule has 15 heavy (non-hydrogen) atoms. The molecule has 0 aromatic rings. The van der Waals surface area contributed by atoms with Crippen molar-refractivity contribution in [1.29, 1.82) is 0 Å². The van der Waals surface area contributed by atoms with Crippen LogP contribution >= 0.6 is 0 Å². The van der Waals surface area contributed by atoms with Gasteiger partial charge in [0.2, 0.25) is 0 Å². The van der Waals surface area contributed by atoms with Crippen LogP contribution in [0.15, 0.2) is 0 Å². The molecule has 0 spiro atoms. The van der Waals surface area contributed by atoms with Crippen molar-refractivity contribution >= 4 is 0 Å². The largest absolute Gasteiger partial charge is 0.309 e. The summed E-state index contributed by atoms with van der Waals surface area (Å²) in [5.74, 6) is 1.84. The third-order valence-corrected chi connectivity index (χ3v) is 3.74. The Labute approximate surface area is 94.4 Å². The van der Waals surface area contributed by atoms with Crippen molar-refractivity contribution in [2.24, 2.45) is 11.8 Å². The van der Waals surface area contributed by atoms with Gasteiger partial charge in [-0.1, -0.05) is 0 Å². The van der Waals surface area contributed by atoms with E-state index in [0.29, 0.717) is 5.54 Å². The molecule has 3 atom stereocenters. The maximum absolute atomic E-state index is 3.74. The maximum Gasteiger partial charge on any atom is 0.0160 e. The van der Waals surface area contributed by atoms with E-state index >= 15 is 0 Å². The predicted molar refractivity (Wildman–Crippen MR) is 65.0 cm³/mol. The molecular formula is C13H26N2. The average molecular weight is 210 g/mol. The summed E-state index contributed by atoms with van der Waals surface area (Å²) >= 11 is 0. The van der Waals surface area contributed by atoms with Crippen molar-refractivity contribution < 1.29 is 0 Å². The van der Waals surface area contributed by atoms with Crippen LogP contribution in [0.5, 0.6) is 0 Å². The Kier molecular flexibility index (Phi) is 2.44. The molecule has 1 aliphatic heterocycles. The highest BCUT2D eigenvalue weighted by Crippen LogP contribution is 2.48. The predicted octanol–water partition coefficient (Wildman–Crippen LogP) is 2.10. The van der Waals surface area contributed by atoms with E-state index in [1.165, 1.54) is 13.1 Å². The van der Waals surface area contributed by atoms with E-state index in [-0.39, 0.29) is 5.54 Å². The van der Waals surface area contributed by atoms with Gasteiger partial charge in [0.25, 0.3) is 0 Å². The molecule has 0 aromatic heterocycles. The molecule has 88 valence electrons. The molecule has 0 radical (unpaired) electrons. The minimum atomic E-state index is 0.279. The van der Waals surface area contributed by atoms with E-state index in [1.807, 2.05) is 0 Å². The van der Waals surface area contributed by atoms with Gasteiger partial charge in [0.05, 0.1) is 0 Å².